The quantitative estimate of drug-likeness (QED) is 0.786. The van der Waals surface area contributed by atoms with E-state index in [0.29, 0.717) is 12.5 Å². The Hall–Kier alpha value is -2.20. The number of nitrogens with two attached hydrogens (primary N) is 1. The van der Waals surface area contributed by atoms with Crippen LogP contribution in [0.1, 0.15) is 35.6 Å². The van der Waals surface area contributed by atoms with Crippen LogP contribution in [0.5, 0.6) is 0 Å². The first-order valence-corrected chi connectivity index (χ1v) is 7.94. The molecule has 1 saturated carbocycles. The largest absolute Gasteiger partial charge is 0.330 e. The fourth-order valence-corrected chi connectivity index (χ4v) is 2.95. The Balaban J connectivity index is 1.78. The van der Waals surface area contributed by atoms with Gasteiger partial charge in [-0.3, -0.25) is 0 Å². The average Bonchev–Trinajstić information content (AvgIpc) is 3.33. The Morgan fingerprint density at radius 1 is 1.14 bits per heavy atom. The highest BCUT2D eigenvalue weighted by Crippen LogP contribution is 2.42. The van der Waals surface area contributed by atoms with Gasteiger partial charge in [-0.2, -0.15) is 5.10 Å². The predicted octanol–water partition coefficient (Wildman–Crippen LogP) is 2.86. The molecule has 0 spiro atoms. The van der Waals surface area contributed by atoms with Crippen molar-refractivity contribution in [2.45, 2.75) is 31.7 Å². The van der Waals surface area contributed by atoms with E-state index in [-0.39, 0.29) is 0 Å². The monoisotopic (exact) mass is 292 g/mol. The van der Waals surface area contributed by atoms with Crippen molar-refractivity contribution in [2.75, 3.05) is 6.54 Å². The normalized spacial score (nSPS) is 14.6. The van der Waals surface area contributed by atoms with Crippen LogP contribution in [0.3, 0.4) is 0 Å². The Bertz CT molecular complexity index is 787. The number of benzene rings is 1. The van der Waals surface area contributed by atoms with Gasteiger partial charge in [-0.25, -0.2) is 9.67 Å². The smallest absolute Gasteiger partial charge is 0.158 e. The summed E-state index contributed by atoms with van der Waals surface area (Å²) in [6.45, 7) is 1.43. The first-order valence-electron chi connectivity index (χ1n) is 7.94. The van der Waals surface area contributed by atoms with E-state index in [9.17, 15) is 0 Å². The fraction of sp³-hybridized carbons (Fsp3) is 0.333. The number of pyridine rings is 1. The van der Waals surface area contributed by atoms with Crippen LogP contribution in [0.4, 0.5) is 0 Å². The van der Waals surface area contributed by atoms with Crippen LogP contribution in [0.25, 0.3) is 11.0 Å². The predicted molar refractivity (Wildman–Crippen MR) is 87.8 cm³/mol. The van der Waals surface area contributed by atoms with Crippen molar-refractivity contribution < 1.29 is 0 Å². The molecule has 1 aliphatic rings. The van der Waals surface area contributed by atoms with Gasteiger partial charge < -0.3 is 5.73 Å². The van der Waals surface area contributed by atoms with Gasteiger partial charge in [0, 0.05) is 17.5 Å². The van der Waals surface area contributed by atoms with E-state index in [1.165, 1.54) is 35.0 Å². The molecule has 0 unspecified atom stereocenters. The molecule has 0 bridgehead atoms. The number of nitrogens with zero attached hydrogens (tertiary/aromatic N) is 3. The third kappa shape index (κ3) is 2.50. The second-order valence-corrected chi connectivity index (χ2v) is 6.06. The van der Waals surface area contributed by atoms with Gasteiger partial charge in [-0.15, -0.1) is 0 Å². The summed E-state index contributed by atoms with van der Waals surface area (Å²) in [5, 5.41) is 6.08. The van der Waals surface area contributed by atoms with Crippen LogP contribution in [-0.4, -0.2) is 21.3 Å². The minimum absolute atomic E-state index is 0.620. The Morgan fingerprint density at radius 2 is 1.95 bits per heavy atom. The molecule has 4 heteroatoms. The van der Waals surface area contributed by atoms with Crippen molar-refractivity contribution in [1.82, 2.24) is 14.8 Å². The highest BCUT2D eigenvalue weighted by molar-refractivity contribution is 5.80. The van der Waals surface area contributed by atoms with E-state index in [1.807, 2.05) is 16.9 Å². The van der Waals surface area contributed by atoms with Gasteiger partial charge in [0.1, 0.15) is 0 Å². The minimum Gasteiger partial charge on any atom is -0.330 e. The third-order valence-electron chi connectivity index (χ3n) is 4.24. The first-order chi connectivity index (χ1) is 10.8. The van der Waals surface area contributed by atoms with E-state index < -0.39 is 0 Å². The van der Waals surface area contributed by atoms with Crippen LogP contribution < -0.4 is 5.73 Å². The summed E-state index contributed by atoms with van der Waals surface area (Å²) in [4.78, 5) is 4.67. The van der Waals surface area contributed by atoms with E-state index in [4.69, 9.17) is 10.8 Å². The Labute approximate surface area is 130 Å². The molecular formula is C18H20N4. The molecule has 0 saturated heterocycles. The van der Waals surface area contributed by atoms with Gasteiger partial charge in [0.05, 0.1) is 12.2 Å². The summed E-state index contributed by atoms with van der Waals surface area (Å²) >= 11 is 0. The Morgan fingerprint density at radius 3 is 2.68 bits per heavy atom. The number of rotatable bonds is 5. The van der Waals surface area contributed by atoms with Gasteiger partial charge in [0.25, 0.3) is 0 Å². The van der Waals surface area contributed by atoms with E-state index >= 15 is 0 Å². The summed E-state index contributed by atoms with van der Waals surface area (Å²) < 4.78 is 2.05. The molecule has 1 fully saturated rings. The van der Waals surface area contributed by atoms with Gasteiger partial charge in [0.2, 0.25) is 0 Å². The molecular weight excluding hydrogens is 272 g/mol. The van der Waals surface area contributed by atoms with Crippen LogP contribution in [-0.2, 0) is 13.0 Å². The van der Waals surface area contributed by atoms with E-state index in [2.05, 4.69) is 35.3 Å². The molecule has 0 atom stereocenters. The van der Waals surface area contributed by atoms with Crippen LogP contribution in [0.2, 0.25) is 0 Å². The maximum atomic E-state index is 5.67. The zero-order valence-electron chi connectivity index (χ0n) is 12.6. The third-order valence-corrected chi connectivity index (χ3v) is 4.24. The summed E-state index contributed by atoms with van der Waals surface area (Å²) in [5.41, 5.74) is 10.3. The zero-order chi connectivity index (χ0) is 14.9. The van der Waals surface area contributed by atoms with Gasteiger partial charge in [0.15, 0.2) is 5.65 Å². The second kappa shape index (κ2) is 5.54. The first kappa shape index (κ1) is 13.5. The zero-order valence-corrected chi connectivity index (χ0v) is 12.6. The molecule has 2 aromatic heterocycles. The van der Waals surface area contributed by atoms with E-state index in [0.717, 1.165) is 18.6 Å². The van der Waals surface area contributed by atoms with Crippen LogP contribution in [0.15, 0.2) is 42.6 Å². The molecule has 4 nitrogen and oxygen atoms in total. The molecule has 0 radical (unpaired) electrons. The highest BCUT2D eigenvalue weighted by Gasteiger charge is 2.29. The molecule has 22 heavy (non-hydrogen) atoms. The van der Waals surface area contributed by atoms with Gasteiger partial charge in [-0.05, 0) is 43.0 Å². The molecule has 112 valence electrons. The maximum Gasteiger partial charge on any atom is 0.158 e. The molecule has 4 rings (SSSR count). The summed E-state index contributed by atoms with van der Waals surface area (Å²) in [5.74, 6) is 0.620. The Kier molecular flexibility index (Phi) is 3.39. The SMILES string of the molecule is NCCc1cnc2c(c1)c(C1CC1)nn2Cc1ccccc1. The molecule has 1 aromatic carbocycles. The van der Waals surface area contributed by atoms with Crippen molar-refractivity contribution >= 4 is 11.0 Å². The van der Waals surface area contributed by atoms with Crippen molar-refractivity contribution in [3.63, 3.8) is 0 Å². The maximum absolute atomic E-state index is 5.67. The van der Waals surface area contributed by atoms with Crippen LogP contribution >= 0.6 is 0 Å². The minimum atomic E-state index is 0.620. The number of hydrogen-bond donors (Lipinski definition) is 1. The van der Waals surface area contributed by atoms with Crippen molar-refractivity contribution in [2.24, 2.45) is 5.73 Å². The standard InChI is InChI=1S/C18H20N4/c19-9-8-14-10-16-17(15-6-7-15)21-22(18(16)20-11-14)12-13-4-2-1-3-5-13/h1-5,10-11,15H,6-9,12,19H2. The molecule has 2 N–H and O–H groups in total. The summed E-state index contributed by atoms with van der Waals surface area (Å²) in [7, 11) is 0. The molecule has 2 heterocycles. The molecule has 0 amide bonds. The topological polar surface area (TPSA) is 56.7 Å². The van der Waals surface area contributed by atoms with E-state index in [1.54, 1.807) is 0 Å². The van der Waals surface area contributed by atoms with Crippen molar-refractivity contribution in [3.05, 3.63) is 59.4 Å². The van der Waals surface area contributed by atoms with Gasteiger partial charge >= 0.3 is 0 Å². The van der Waals surface area contributed by atoms with Crippen molar-refractivity contribution in [3.8, 4) is 0 Å². The lowest BCUT2D eigenvalue weighted by atomic mass is 10.1. The van der Waals surface area contributed by atoms with Crippen molar-refractivity contribution in [1.29, 1.82) is 0 Å². The molecule has 0 aliphatic heterocycles. The number of fused-ring (bicyclic) bond motifs is 1. The lowest BCUT2D eigenvalue weighted by molar-refractivity contribution is 0.687. The molecule has 1 aliphatic carbocycles. The fourth-order valence-electron chi connectivity index (χ4n) is 2.95. The highest BCUT2D eigenvalue weighted by atomic mass is 15.3. The van der Waals surface area contributed by atoms with Crippen LogP contribution in [0, 0.1) is 0 Å². The second-order valence-electron chi connectivity index (χ2n) is 6.06. The molecule has 3 aromatic rings. The lowest BCUT2D eigenvalue weighted by Crippen LogP contribution is -2.04. The average molecular weight is 292 g/mol. The summed E-state index contributed by atoms with van der Waals surface area (Å²) in [6.07, 6.45) is 5.31. The lowest BCUT2D eigenvalue weighted by Gasteiger charge is -2.03. The number of hydrogen-bond acceptors (Lipinski definition) is 3. The number of aromatic nitrogens is 3. The summed E-state index contributed by atoms with van der Waals surface area (Å²) in [6, 6.07) is 12.7. The van der Waals surface area contributed by atoms with Gasteiger partial charge in [-0.1, -0.05) is 30.3 Å².